The lowest BCUT2D eigenvalue weighted by atomic mass is 10.1. The van der Waals surface area contributed by atoms with Crippen LogP contribution in [-0.4, -0.2) is 4.98 Å². The summed E-state index contributed by atoms with van der Waals surface area (Å²) < 4.78 is 0. The van der Waals surface area contributed by atoms with Crippen LogP contribution >= 0.6 is 23.2 Å². The van der Waals surface area contributed by atoms with E-state index in [1.54, 1.807) is 0 Å². The van der Waals surface area contributed by atoms with Crippen molar-refractivity contribution in [3.8, 4) is 6.07 Å². The summed E-state index contributed by atoms with van der Waals surface area (Å²) in [6, 6.07) is 1.94. The van der Waals surface area contributed by atoms with Gasteiger partial charge in [-0.2, -0.15) is 5.26 Å². The summed E-state index contributed by atoms with van der Waals surface area (Å²) in [5.41, 5.74) is 1.17. The lowest BCUT2D eigenvalue weighted by Crippen LogP contribution is -1.91. The van der Waals surface area contributed by atoms with Gasteiger partial charge in [0, 0.05) is 6.20 Å². The van der Waals surface area contributed by atoms with Crippen molar-refractivity contribution in [3.05, 3.63) is 27.5 Å². The molecule has 0 bridgehead atoms. The quantitative estimate of drug-likeness (QED) is 0.718. The third kappa shape index (κ3) is 1.50. The first kappa shape index (κ1) is 8.80. The van der Waals surface area contributed by atoms with E-state index in [-0.39, 0.29) is 5.69 Å². The van der Waals surface area contributed by atoms with Gasteiger partial charge in [-0.05, 0) is 24.3 Å². The fourth-order valence-corrected chi connectivity index (χ4v) is 2.00. The minimum absolute atomic E-state index is 0.271. The second-order valence-corrected chi connectivity index (χ2v) is 3.85. The number of halogens is 2. The lowest BCUT2D eigenvalue weighted by Gasteiger charge is -2.04. The molecule has 0 radical (unpaired) electrons. The molecule has 0 N–H and O–H groups in total. The van der Waals surface area contributed by atoms with Crippen LogP contribution in [0.15, 0.2) is 6.20 Å². The van der Waals surface area contributed by atoms with Crippen LogP contribution in [0, 0.1) is 11.3 Å². The zero-order valence-corrected chi connectivity index (χ0v) is 8.23. The third-order valence-corrected chi connectivity index (χ3v) is 2.78. The molecule has 1 aliphatic rings. The average Bonchev–Trinajstić information content (AvgIpc) is 2.89. The molecule has 1 aliphatic carbocycles. The van der Waals surface area contributed by atoms with Gasteiger partial charge >= 0.3 is 0 Å². The normalized spacial score (nSPS) is 15.5. The smallest absolute Gasteiger partial charge is 0.159 e. The Balaban J connectivity index is 2.58. The Kier molecular flexibility index (Phi) is 2.15. The second-order valence-electron chi connectivity index (χ2n) is 3.07. The van der Waals surface area contributed by atoms with Gasteiger partial charge < -0.3 is 0 Å². The van der Waals surface area contributed by atoms with Gasteiger partial charge in [-0.15, -0.1) is 0 Å². The number of rotatable bonds is 1. The third-order valence-electron chi connectivity index (χ3n) is 2.10. The Morgan fingerprint density at radius 2 is 2.15 bits per heavy atom. The van der Waals surface area contributed by atoms with Gasteiger partial charge in [0.1, 0.15) is 6.07 Å². The Hall–Kier alpha value is -0.780. The van der Waals surface area contributed by atoms with E-state index in [2.05, 4.69) is 4.98 Å². The molecular weight excluding hydrogens is 207 g/mol. The molecule has 66 valence electrons. The number of nitrogens with zero attached hydrogens (tertiary/aromatic N) is 2. The number of aromatic nitrogens is 1. The first-order valence-electron chi connectivity index (χ1n) is 3.98. The second kappa shape index (κ2) is 3.17. The summed E-state index contributed by atoms with van der Waals surface area (Å²) in [5.74, 6) is 0.440. The first-order chi connectivity index (χ1) is 6.24. The van der Waals surface area contributed by atoms with Crippen molar-refractivity contribution in [2.24, 2.45) is 0 Å². The summed E-state index contributed by atoms with van der Waals surface area (Å²) in [6.07, 6.45) is 3.71. The van der Waals surface area contributed by atoms with E-state index in [9.17, 15) is 0 Å². The molecule has 0 amide bonds. The SMILES string of the molecule is N#Cc1ncc(Cl)c(C2CC2)c1Cl. The molecule has 1 aromatic heterocycles. The van der Waals surface area contributed by atoms with Crippen molar-refractivity contribution in [1.29, 1.82) is 5.26 Å². The van der Waals surface area contributed by atoms with E-state index in [1.165, 1.54) is 6.20 Å². The zero-order chi connectivity index (χ0) is 9.42. The van der Waals surface area contributed by atoms with Crippen LogP contribution in [0.2, 0.25) is 10.0 Å². The Bertz CT molecular complexity index is 391. The fourth-order valence-electron chi connectivity index (χ4n) is 1.30. The van der Waals surface area contributed by atoms with E-state index in [1.807, 2.05) is 6.07 Å². The number of pyridine rings is 1. The minimum Gasteiger partial charge on any atom is -0.242 e. The molecule has 0 saturated heterocycles. The zero-order valence-electron chi connectivity index (χ0n) is 6.72. The highest BCUT2D eigenvalue weighted by molar-refractivity contribution is 6.36. The monoisotopic (exact) mass is 212 g/mol. The van der Waals surface area contributed by atoms with Crippen molar-refractivity contribution < 1.29 is 0 Å². The summed E-state index contributed by atoms with van der Waals surface area (Å²) >= 11 is 11.9. The molecule has 13 heavy (non-hydrogen) atoms. The number of hydrogen-bond donors (Lipinski definition) is 0. The number of hydrogen-bond acceptors (Lipinski definition) is 2. The molecule has 0 spiro atoms. The highest BCUT2D eigenvalue weighted by atomic mass is 35.5. The van der Waals surface area contributed by atoms with Gasteiger partial charge in [0.15, 0.2) is 5.69 Å². The molecule has 0 atom stereocenters. The molecule has 4 heteroatoms. The largest absolute Gasteiger partial charge is 0.242 e. The highest BCUT2D eigenvalue weighted by Crippen LogP contribution is 2.46. The van der Waals surface area contributed by atoms with Crippen LogP contribution in [0.25, 0.3) is 0 Å². The maximum Gasteiger partial charge on any atom is 0.159 e. The van der Waals surface area contributed by atoms with Crippen molar-refractivity contribution in [3.63, 3.8) is 0 Å². The Labute approximate surface area is 86.1 Å². The van der Waals surface area contributed by atoms with Crippen LogP contribution in [0.5, 0.6) is 0 Å². The molecule has 2 nitrogen and oxygen atoms in total. The molecule has 0 aliphatic heterocycles. The van der Waals surface area contributed by atoms with Crippen molar-refractivity contribution in [2.75, 3.05) is 0 Å². The van der Waals surface area contributed by atoms with E-state index in [0.717, 1.165) is 18.4 Å². The minimum atomic E-state index is 0.271. The van der Waals surface area contributed by atoms with Crippen molar-refractivity contribution in [2.45, 2.75) is 18.8 Å². The van der Waals surface area contributed by atoms with E-state index < -0.39 is 0 Å². The van der Waals surface area contributed by atoms with Gasteiger partial charge in [-0.1, -0.05) is 23.2 Å². The predicted molar refractivity (Wildman–Crippen MR) is 50.9 cm³/mol. The average molecular weight is 213 g/mol. The van der Waals surface area contributed by atoms with Crippen molar-refractivity contribution in [1.82, 2.24) is 4.98 Å². The van der Waals surface area contributed by atoms with Crippen LogP contribution in [-0.2, 0) is 0 Å². The Morgan fingerprint density at radius 1 is 1.46 bits per heavy atom. The van der Waals surface area contributed by atoms with Gasteiger partial charge in [0.25, 0.3) is 0 Å². The van der Waals surface area contributed by atoms with E-state index >= 15 is 0 Å². The molecule has 1 aromatic rings. The van der Waals surface area contributed by atoms with Gasteiger partial charge in [-0.3, -0.25) is 0 Å². The van der Waals surface area contributed by atoms with Crippen LogP contribution in [0.4, 0.5) is 0 Å². The van der Waals surface area contributed by atoms with E-state index in [4.69, 9.17) is 28.5 Å². The molecule has 2 rings (SSSR count). The fraction of sp³-hybridized carbons (Fsp3) is 0.333. The maximum atomic E-state index is 8.70. The first-order valence-corrected chi connectivity index (χ1v) is 4.73. The number of nitriles is 1. The summed E-state index contributed by atoms with van der Waals surface area (Å²) in [5, 5.41) is 9.70. The van der Waals surface area contributed by atoms with Gasteiger partial charge in [-0.25, -0.2) is 4.98 Å². The summed E-state index contributed by atoms with van der Waals surface area (Å²) in [4.78, 5) is 3.84. The van der Waals surface area contributed by atoms with Gasteiger partial charge in [0.05, 0.1) is 10.0 Å². The molecular formula is C9H6Cl2N2. The predicted octanol–water partition coefficient (Wildman–Crippen LogP) is 3.14. The van der Waals surface area contributed by atoms with Crippen LogP contribution in [0.1, 0.15) is 30.0 Å². The molecule has 0 unspecified atom stereocenters. The topological polar surface area (TPSA) is 36.7 Å². The summed E-state index contributed by atoms with van der Waals surface area (Å²) in [6.45, 7) is 0. The molecule has 1 heterocycles. The highest BCUT2D eigenvalue weighted by Gasteiger charge is 2.29. The van der Waals surface area contributed by atoms with Crippen molar-refractivity contribution >= 4 is 23.2 Å². The van der Waals surface area contributed by atoms with Gasteiger partial charge in [0.2, 0.25) is 0 Å². The molecule has 1 saturated carbocycles. The maximum absolute atomic E-state index is 8.70. The Morgan fingerprint density at radius 3 is 2.69 bits per heavy atom. The van der Waals surface area contributed by atoms with Crippen LogP contribution in [0.3, 0.4) is 0 Å². The molecule has 0 aromatic carbocycles. The van der Waals surface area contributed by atoms with E-state index in [0.29, 0.717) is 16.0 Å². The summed E-state index contributed by atoms with van der Waals surface area (Å²) in [7, 11) is 0. The lowest BCUT2D eigenvalue weighted by molar-refractivity contribution is 1.10. The standard InChI is InChI=1S/C9H6Cl2N2/c10-6-4-13-7(3-12)9(11)8(6)5-1-2-5/h4-5H,1-2H2. The van der Waals surface area contributed by atoms with Crippen LogP contribution < -0.4 is 0 Å². The molecule has 1 fully saturated rings.